The molecule has 0 amide bonds. The van der Waals surface area contributed by atoms with Crippen molar-refractivity contribution in [2.45, 2.75) is 34.1 Å². The molecule has 0 unspecified atom stereocenters. The molecule has 0 radical (unpaired) electrons. The predicted octanol–water partition coefficient (Wildman–Crippen LogP) is 4.82. The van der Waals surface area contributed by atoms with E-state index in [1.807, 2.05) is 17.0 Å². The minimum absolute atomic E-state index is 0.109. The van der Waals surface area contributed by atoms with Gasteiger partial charge in [0.05, 0.1) is 18.4 Å². The molecule has 1 N–H and O–H groups in total. The number of fused-ring (bicyclic) bond motifs is 1. The van der Waals surface area contributed by atoms with Crippen LogP contribution in [0.3, 0.4) is 0 Å². The quantitative estimate of drug-likeness (QED) is 0.531. The third-order valence-corrected chi connectivity index (χ3v) is 6.49. The van der Waals surface area contributed by atoms with Gasteiger partial charge in [0.2, 0.25) is 5.76 Å². The van der Waals surface area contributed by atoms with Crippen LogP contribution in [0.1, 0.15) is 60.6 Å². The van der Waals surface area contributed by atoms with Gasteiger partial charge in [0.1, 0.15) is 0 Å². The lowest BCUT2D eigenvalue weighted by molar-refractivity contribution is 0.0490. The first-order valence-corrected chi connectivity index (χ1v) is 10.8. The van der Waals surface area contributed by atoms with Gasteiger partial charge in [0.25, 0.3) is 6.01 Å². The van der Waals surface area contributed by atoms with Crippen LogP contribution in [0.15, 0.2) is 52.6 Å². The number of hydrogen-bond donors (Lipinski definition) is 1. The molecule has 0 saturated heterocycles. The highest BCUT2D eigenvalue weighted by molar-refractivity contribution is 5.88. The number of aromatic nitrogens is 1. The standard InChI is InChI=1S/C25H28N2O5/c1-5-31-22(30)19-14-26-23(32-19)27-13-11-20-24(2,3)18(10-12-25(20,4)15-27)16-6-8-17(9-7-16)21(28)29/h6-11,14H,5,12-13,15H2,1-4H3,(H,28,29)/t25-/m1/s1. The molecule has 1 aromatic heterocycles. The smallest absolute Gasteiger partial charge is 0.376 e. The number of anilines is 1. The first-order chi connectivity index (χ1) is 15.2. The molecule has 1 aliphatic heterocycles. The molecule has 2 aliphatic rings. The summed E-state index contributed by atoms with van der Waals surface area (Å²) in [6.45, 7) is 10.0. The maximum absolute atomic E-state index is 11.9. The Morgan fingerprint density at radius 1 is 1.19 bits per heavy atom. The van der Waals surface area contributed by atoms with Crippen molar-refractivity contribution in [3.8, 4) is 0 Å². The van der Waals surface area contributed by atoms with Crippen molar-refractivity contribution in [2.24, 2.45) is 10.8 Å². The summed E-state index contributed by atoms with van der Waals surface area (Å²) in [4.78, 5) is 29.5. The molecule has 0 bridgehead atoms. The van der Waals surface area contributed by atoms with E-state index in [1.54, 1.807) is 19.1 Å². The monoisotopic (exact) mass is 436 g/mol. The highest BCUT2D eigenvalue weighted by Gasteiger charge is 2.46. The minimum atomic E-state index is -0.922. The fourth-order valence-electron chi connectivity index (χ4n) is 5.05. The van der Waals surface area contributed by atoms with Crippen molar-refractivity contribution in [1.29, 1.82) is 0 Å². The SMILES string of the molecule is CCOC(=O)c1cnc(N2CC=C3C(C)(C)C(c4ccc(C(=O)O)cc4)=CC[C@]3(C)C2)o1. The zero-order valence-corrected chi connectivity index (χ0v) is 18.8. The molecular weight excluding hydrogens is 408 g/mol. The van der Waals surface area contributed by atoms with Crippen molar-refractivity contribution in [3.63, 3.8) is 0 Å². The second kappa shape index (κ2) is 7.97. The number of aromatic carboxylic acids is 1. The number of carbonyl (C=O) groups is 2. The van der Waals surface area contributed by atoms with E-state index >= 15 is 0 Å². The number of rotatable bonds is 5. The summed E-state index contributed by atoms with van der Waals surface area (Å²) in [5, 5.41) is 9.19. The van der Waals surface area contributed by atoms with E-state index in [0.29, 0.717) is 19.1 Å². The van der Waals surface area contributed by atoms with Gasteiger partial charge in [-0.2, -0.15) is 0 Å². The summed E-state index contributed by atoms with van der Waals surface area (Å²) in [5.74, 6) is -1.32. The van der Waals surface area contributed by atoms with E-state index in [9.17, 15) is 14.7 Å². The minimum Gasteiger partial charge on any atom is -0.478 e. The van der Waals surface area contributed by atoms with Crippen LogP contribution >= 0.6 is 0 Å². The molecule has 7 heteroatoms. The van der Waals surface area contributed by atoms with Gasteiger partial charge in [-0.15, -0.1) is 0 Å². The van der Waals surface area contributed by atoms with E-state index in [0.717, 1.165) is 12.0 Å². The van der Waals surface area contributed by atoms with Crippen LogP contribution in [0, 0.1) is 10.8 Å². The fraction of sp³-hybridized carbons (Fsp3) is 0.400. The molecule has 0 spiro atoms. The topological polar surface area (TPSA) is 92.9 Å². The largest absolute Gasteiger partial charge is 0.478 e. The van der Waals surface area contributed by atoms with Gasteiger partial charge >= 0.3 is 11.9 Å². The summed E-state index contributed by atoms with van der Waals surface area (Å²) in [7, 11) is 0. The number of hydrogen-bond acceptors (Lipinski definition) is 6. The van der Waals surface area contributed by atoms with Crippen molar-refractivity contribution in [3.05, 3.63) is 65.1 Å². The number of esters is 1. The number of ether oxygens (including phenoxy) is 1. The summed E-state index contributed by atoms with van der Waals surface area (Å²) >= 11 is 0. The average molecular weight is 437 g/mol. The molecule has 1 aliphatic carbocycles. The molecule has 7 nitrogen and oxygen atoms in total. The first kappa shape index (κ1) is 21.9. The Labute approximate surface area is 187 Å². The second-order valence-electron chi connectivity index (χ2n) is 9.12. The third kappa shape index (κ3) is 3.72. The summed E-state index contributed by atoms with van der Waals surface area (Å²) in [6, 6.07) is 7.51. The van der Waals surface area contributed by atoms with Crippen molar-refractivity contribution >= 4 is 23.5 Å². The maximum atomic E-state index is 11.9. The van der Waals surface area contributed by atoms with Crippen molar-refractivity contribution in [2.75, 3.05) is 24.6 Å². The van der Waals surface area contributed by atoms with Crippen LogP contribution in [-0.4, -0.2) is 41.7 Å². The van der Waals surface area contributed by atoms with Gasteiger partial charge in [0.15, 0.2) is 0 Å². The number of benzene rings is 1. The predicted molar refractivity (Wildman–Crippen MR) is 121 cm³/mol. The number of carbonyl (C=O) groups excluding carboxylic acids is 1. The molecule has 0 saturated carbocycles. The Bertz CT molecular complexity index is 1110. The molecule has 0 fully saturated rings. The van der Waals surface area contributed by atoms with Crippen LogP contribution < -0.4 is 4.90 Å². The molecule has 2 heterocycles. The average Bonchev–Trinajstić information content (AvgIpc) is 3.24. The highest BCUT2D eigenvalue weighted by atomic mass is 16.5. The normalized spacial score (nSPS) is 21.9. The zero-order valence-electron chi connectivity index (χ0n) is 18.8. The molecule has 2 aromatic rings. The van der Waals surface area contributed by atoms with E-state index in [-0.39, 0.29) is 28.8 Å². The third-order valence-electron chi connectivity index (χ3n) is 6.49. The van der Waals surface area contributed by atoms with Crippen LogP contribution in [0.25, 0.3) is 5.57 Å². The number of carboxylic acid groups (broad SMARTS) is 1. The molecule has 1 atom stereocenters. The van der Waals surface area contributed by atoms with Gasteiger partial charge < -0.3 is 19.2 Å². The van der Waals surface area contributed by atoms with Gasteiger partial charge in [-0.1, -0.05) is 50.6 Å². The van der Waals surface area contributed by atoms with Crippen LogP contribution in [0.2, 0.25) is 0 Å². The van der Waals surface area contributed by atoms with Crippen LogP contribution in [0.4, 0.5) is 6.01 Å². The zero-order chi connectivity index (χ0) is 23.1. The van der Waals surface area contributed by atoms with E-state index < -0.39 is 11.9 Å². The van der Waals surface area contributed by atoms with E-state index in [4.69, 9.17) is 9.15 Å². The first-order valence-electron chi connectivity index (χ1n) is 10.8. The number of nitrogens with zero attached hydrogens (tertiary/aromatic N) is 2. The fourth-order valence-corrected chi connectivity index (χ4v) is 5.05. The van der Waals surface area contributed by atoms with Crippen molar-refractivity contribution < 1.29 is 23.8 Å². The van der Waals surface area contributed by atoms with Gasteiger partial charge in [0, 0.05) is 23.9 Å². The Kier molecular flexibility index (Phi) is 5.44. The van der Waals surface area contributed by atoms with E-state index in [2.05, 4.69) is 37.9 Å². The van der Waals surface area contributed by atoms with Crippen LogP contribution in [-0.2, 0) is 4.74 Å². The lowest BCUT2D eigenvalue weighted by atomic mass is 9.58. The Balaban J connectivity index is 1.59. The molecular formula is C25H28N2O5. The lowest BCUT2D eigenvalue weighted by Gasteiger charge is -2.50. The Morgan fingerprint density at radius 2 is 1.91 bits per heavy atom. The summed E-state index contributed by atoms with van der Waals surface area (Å²) < 4.78 is 10.7. The maximum Gasteiger partial charge on any atom is 0.376 e. The molecule has 4 rings (SSSR count). The van der Waals surface area contributed by atoms with Crippen molar-refractivity contribution in [1.82, 2.24) is 4.98 Å². The summed E-state index contributed by atoms with van der Waals surface area (Å²) in [5.41, 5.74) is 3.54. The summed E-state index contributed by atoms with van der Waals surface area (Å²) in [6.07, 6.45) is 6.74. The van der Waals surface area contributed by atoms with Crippen LogP contribution in [0.5, 0.6) is 0 Å². The van der Waals surface area contributed by atoms with Gasteiger partial charge in [-0.05, 0) is 36.6 Å². The Hall–Kier alpha value is -3.35. The Morgan fingerprint density at radius 3 is 2.56 bits per heavy atom. The lowest BCUT2D eigenvalue weighted by Crippen LogP contribution is -2.47. The van der Waals surface area contributed by atoms with Gasteiger partial charge in [-0.3, -0.25) is 0 Å². The number of oxazole rings is 1. The van der Waals surface area contributed by atoms with Gasteiger partial charge in [-0.25, -0.2) is 14.6 Å². The van der Waals surface area contributed by atoms with E-state index in [1.165, 1.54) is 17.3 Å². The molecule has 32 heavy (non-hydrogen) atoms. The molecule has 1 aromatic carbocycles. The molecule has 168 valence electrons. The highest BCUT2D eigenvalue weighted by Crippen LogP contribution is 2.55. The second-order valence-corrected chi connectivity index (χ2v) is 9.12. The number of allylic oxidation sites excluding steroid dienone is 2. The number of carboxylic acids is 1.